The number of allylic oxidation sites excluding steroid dienone is 1. The van der Waals surface area contributed by atoms with E-state index in [1.807, 2.05) is 66.7 Å². The molecule has 3 aromatic carbocycles. The van der Waals surface area contributed by atoms with Crippen molar-refractivity contribution in [1.29, 1.82) is 5.26 Å². The zero-order valence-electron chi connectivity index (χ0n) is 16.5. The minimum Gasteiger partial charge on any atom is -0.438 e. The molecule has 0 saturated carbocycles. The van der Waals surface area contributed by atoms with Crippen LogP contribution in [0.15, 0.2) is 99.8 Å². The van der Waals surface area contributed by atoms with Crippen molar-refractivity contribution in [3.63, 3.8) is 0 Å². The molecule has 0 saturated heterocycles. The Labute approximate surface area is 188 Å². The van der Waals surface area contributed by atoms with Gasteiger partial charge in [-0.2, -0.15) is 5.26 Å². The monoisotopic (exact) mass is 471 g/mol. The summed E-state index contributed by atoms with van der Waals surface area (Å²) in [5, 5.41) is 13.0. The average Bonchev–Trinajstić information content (AvgIpc) is 2.80. The van der Waals surface area contributed by atoms with Gasteiger partial charge in [0.15, 0.2) is 5.78 Å². The first-order valence-electron chi connectivity index (χ1n) is 9.69. The number of Topliss-reactive ketones (excluding diaryl/α,β-unsaturated/α-hetero) is 1. The Kier molecular flexibility index (Phi) is 6.25. The predicted octanol–water partition coefficient (Wildman–Crippen LogP) is 6.07. The van der Waals surface area contributed by atoms with Crippen molar-refractivity contribution in [2.75, 3.05) is 5.32 Å². The van der Waals surface area contributed by atoms with Crippen molar-refractivity contribution in [3.05, 3.63) is 106 Å². The predicted molar refractivity (Wildman–Crippen MR) is 124 cm³/mol. The Balaban J connectivity index is 1.68. The number of nitrogens with zero attached hydrogens (tertiary/aromatic N) is 2. The topological polar surface area (TPSA) is 74.5 Å². The summed E-state index contributed by atoms with van der Waals surface area (Å²) in [5.41, 5.74) is 2.58. The summed E-state index contributed by atoms with van der Waals surface area (Å²) in [7, 11) is 0. The molecule has 1 heterocycles. The number of aliphatic imine (C=N–C) groups is 1. The Morgan fingerprint density at radius 2 is 1.81 bits per heavy atom. The Morgan fingerprint density at radius 1 is 1.10 bits per heavy atom. The molecule has 0 fully saturated rings. The van der Waals surface area contributed by atoms with Gasteiger partial charge in [0.2, 0.25) is 5.88 Å². The van der Waals surface area contributed by atoms with E-state index in [0.717, 1.165) is 15.7 Å². The highest BCUT2D eigenvalue weighted by molar-refractivity contribution is 9.10. The normalized spacial score (nSPS) is 15.2. The highest BCUT2D eigenvalue weighted by Gasteiger charge is 2.32. The van der Waals surface area contributed by atoms with Crippen LogP contribution in [-0.4, -0.2) is 12.1 Å². The lowest BCUT2D eigenvalue weighted by atomic mass is 9.84. The number of ether oxygens (including phenoxy) is 1. The molecule has 0 aromatic heterocycles. The van der Waals surface area contributed by atoms with Gasteiger partial charge in [0.1, 0.15) is 17.4 Å². The van der Waals surface area contributed by atoms with Crippen LogP contribution in [0.5, 0.6) is 5.75 Å². The Bertz CT molecular complexity index is 1200. The largest absolute Gasteiger partial charge is 0.438 e. The van der Waals surface area contributed by atoms with Gasteiger partial charge < -0.3 is 10.1 Å². The van der Waals surface area contributed by atoms with E-state index in [1.165, 1.54) is 6.34 Å². The second kappa shape index (κ2) is 9.41. The zero-order valence-corrected chi connectivity index (χ0v) is 18.0. The van der Waals surface area contributed by atoms with Crippen molar-refractivity contribution >= 4 is 33.7 Å². The summed E-state index contributed by atoms with van der Waals surface area (Å²) in [4.78, 5) is 17.3. The summed E-state index contributed by atoms with van der Waals surface area (Å²) >= 11 is 3.47. The number of para-hydroxylation sites is 1. The van der Waals surface area contributed by atoms with Crippen LogP contribution in [0.2, 0.25) is 0 Å². The second-order valence-corrected chi connectivity index (χ2v) is 7.84. The molecule has 0 bridgehead atoms. The SMILES string of the molecule is N#CC1=C(/N=C/Nc2ccccc2)Oc2ccc(Br)cc2C1CC(=O)c1ccccc1. The fourth-order valence-corrected chi connectivity index (χ4v) is 3.79. The molecule has 4 rings (SSSR count). The molecule has 31 heavy (non-hydrogen) atoms. The van der Waals surface area contributed by atoms with Crippen LogP contribution in [0.25, 0.3) is 0 Å². The number of ketones is 1. The average molecular weight is 472 g/mol. The molecule has 152 valence electrons. The van der Waals surface area contributed by atoms with E-state index in [0.29, 0.717) is 16.9 Å². The Morgan fingerprint density at radius 3 is 2.52 bits per heavy atom. The van der Waals surface area contributed by atoms with Crippen molar-refractivity contribution in [2.24, 2.45) is 4.99 Å². The number of nitrogens with one attached hydrogen (secondary N) is 1. The minimum atomic E-state index is -0.456. The molecule has 6 heteroatoms. The highest BCUT2D eigenvalue weighted by atomic mass is 79.9. The first-order chi connectivity index (χ1) is 15.2. The number of nitriles is 1. The van der Waals surface area contributed by atoms with Crippen LogP contribution in [0.3, 0.4) is 0 Å². The first-order valence-corrected chi connectivity index (χ1v) is 10.5. The van der Waals surface area contributed by atoms with E-state index in [4.69, 9.17) is 4.74 Å². The number of benzene rings is 3. The molecular weight excluding hydrogens is 454 g/mol. The third kappa shape index (κ3) is 4.73. The molecule has 1 aliphatic rings. The fourth-order valence-electron chi connectivity index (χ4n) is 3.41. The molecule has 0 amide bonds. The number of fused-ring (bicyclic) bond motifs is 1. The van der Waals surface area contributed by atoms with Gasteiger partial charge in [-0.1, -0.05) is 64.5 Å². The van der Waals surface area contributed by atoms with Gasteiger partial charge in [0.05, 0.1) is 6.34 Å². The second-order valence-electron chi connectivity index (χ2n) is 6.93. The van der Waals surface area contributed by atoms with Gasteiger partial charge in [-0.15, -0.1) is 0 Å². The quantitative estimate of drug-likeness (QED) is 0.268. The summed E-state index contributed by atoms with van der Waals surface area (Å²) < 4.78 is 6.78. The third-order valence-electron chi connectivity index (χ3n) is 4.93. The molecule has 1 atom stereocenters. The van der Waals surface area contributed by atoms with Crippen molar-refractivity contribution in [3.8, 4) is 11.8 Å². The number of carbonyl (C=O) groups excluding carboxylic acids is 1. The molecule has 3 aromatic rings. The number of hydrogen-bond donors (Lipinski definition) is 1. The molecular formula is C25H18BrN3O2. The van der Waals surface area contributed by atoms with Crippen LogP contribution in [-0.2, 0) is 0 Å². The maximum atomic E-state index is 12.9. The highest BCUT2D eigenvalue weighted by Crippen LogP contribution is 2.42. The first kappa shape index (κ1) is 20.6. The third-order valence-corrected chi connectivity index (χ3v) is 5.42. The smallest absolute Gasteiger partial charge is 0.235 e. The van der Waals surface area contributed by atoms with E-state index < -0.39 is 5.92 Å². The van der Waals surface area contributed by atoms with Gasteiger partial charge in [-0.3, -0.25) is 4.79 Å². The van der Waals surface area contributed by atoms with Crippen LogP contribution in [0.4, 0.5) is 5.69 Å². The van der Waals surface area contributed by atoms with E-state index in [9.17, 15) is 10.1 Å². The minimum absolute atomic E-state index is 0.0445. The fraction of sp³-hybridized carbons (Fsp3) is 0.0800. The molecule has 5 nitrogen and oxygen atoms in total. The number of halogens is 1. The summed E-state index contributed by atoms with van der Waals surface area (Å²) in [6.07, 6.45) is 1.63. The van der Waals surface area contributed by atoms with E-state index in [1.54, 1.807) is 12.1 Å². The van der Waals surface area contributed by atoms with Crippen LogP contribution in [0.1, 0.15) is 28.3 Å². The lowest BCUT2D eigenvalue weighted by Crippen LogP contribution is -2.18. The van der Waals surface area contributed by atoms with Gasteiger partial charge >= 0.3 is 0 Å². The van der Waals surface area contributed by atoms with Crippen molar-refractivity contribution in [2.45, 2.75) is 12.3 Å². The number of rotatable bonds is 6. The molecule has 0 radical (unpaired) electrons. The molecule has 0 aliphatic carbocycles. The van der Waals surface area contributed by atoms with Gasteiger partial charge in [0.25, 0.3) is 0 Å². The summed E-state index contributed by atoms with van der Waals surface area (Å²) in [6, 6.07) is 26.4. The molecule has 1 N–H and O–H groups in total. The zero-order chi connectivity index (χ0) is 21.6. The van der Waals surface area contributed by atoms with E-state index in [2.05, 4.69) is 32.3 Å². The lowest BCUT2D eigenvalue weighted by molar-refractivity contribution is 0.0976. The van der Waals surface area contributed by atoms with Crippen LogP contribution in [0, 0.1) is 11.3 Å². The van der Waals surface area contributed by atoms with E-state index in [-0.39, 0.29) is 18.1 Å². The summed E-state index contributed by atoms with van der Waals surface area (Å²) in [5.74, 6) is 0.270. The number of hydrogen-bond acceptors (Lipinski definition) is 4. The Hall–Kier alpha value is -3.69. The molecule has 0 spiro atoms. The van der Waals surface area contributed by atoms with Gasteiger partial charge in [-0.25, -0.2) is 4.99 Å². The van der Waals surface area contributed by atoms with E-state index >= 15 is 0 Å². The maximum absolute atomic E-state index is 12.9. The standard InChI is InChI=1S/C25H18BrN3O2/c26-18-11-12-24-21(13-18)20(14-23(30)17-7-3-1-4-8-17)22(15-27)25(31-24)29-16-28-19-9-5-2-6-10-19/h1-13,16,20H,14H2,(H,28,29). The molecule has 1 aliphatic heterocycles. The van der Waals surface area contributed by atoms with Crippen molar-refractivity contribution in [1.82, 2.24) is 0 Å². The number of anilines is 1. The maximum Gasteiger partial charge on any atom is 0.235 e. The van der Waals surface area contributed by atoms with Gasteiger partial charge in [0, 0.05) is 33.6 Å². The lowest BCUT2D eigenvalue weighted by Gasteiger charge is -2.26. The summed E-state index contributed by atoms with van der Waals surface area (Å²) in [6.45, 7) is 0. The number of carbonyl (C=O) groups is 1. The molecule has 1 unspecified atom stereocenters. The van der Waals surface area contributed by atoms with Crippen molar-refractivity contribution < 1.29 is 9.53 Å². The van der Waals surface area contributed by atoms with Crippen LogP contribution < -0.4 is 10.1 Å². The van der Waals surface area contributed by atoms with Gasteiger partial charge in [-0.05, 0) is 30.3 Å². The van der Waals surface area contributed by atoms with Crippen LogP contribution >= 0.6 is 15.9 Å².